The van der Waals surface area contributed by atoms with Crippen LogP contribution in [0.3, 0.4) is 0 Å². The van der Waals surface area contributed by atoms with Gasteiger partial charge in [-0.15, -0.1) is 0 Å². The van der Waals surface area contributed by atoms with Gasteiger partial charge >= 0.3 is 0 Å². The second kappa shape index (κ2) is 10.8. The van der Waals surface area contributed by atoms with Crippen LogP contribution in [0.5, 0.6) is 0 Å². The summed E-state index contributed by atoms with van der Waals surface area (Å²) >= 11 is 24.7. The van der Waals surface area contributed by atoms with Crippen molar-refractivity contribution in [2.24, 2.45) is 0 Å². The van der Waals surface area contributed by atoms with E-state index in [4.69, 9.17) is 46.4 Å². The molecule has 4 nitrogen and oxygen atoms in total. The normalized spacial score (nSPS) is 19.2. The van der Waals surface area contributed by atoms with E-state index in [1.165, 1.54) is 12.2 Å². The number of rotatable bonds is 4. The SMILES string of the molecule is CC1CN(C(=O)C=Cc2c(Cl)cccc2Cl)C(C)CN1C(=O)C=Cc1c(Cl)cccc1Cl. The van der Waals surface area contributed by atoms with Crippen molar-refractivity contribution in [1.29, 1.82) is 0 Å². The fourth-order valence-electron chi connectivity index (χ4n) is 3.58. The summed E-state index contributed by atoms with van der Waals surface area (Å²) in [7, 11) is 0. The van der Waals surface area contributed by atoms with Crippen LogP contribution in [0.2, 0.25) is 20.1 Å². The third-order valence-corrected chi connectivity index (χ3v) is 6.66. The summed E-state index contributed by atoms with van der Waals surface area (Å²) in [5.41, 5.74) is 1.20. The number of carbonyl (C=O) groups excluding carboxylic acids is 2. The maximum atomic E-state index is 12.8. The molecule has 0 N–H and O–H groups in total. The Morgan fingerprint density at radius 1 is 0.719 bits per heavy atom. The monoisotopic (exact) mass is 510 g/mol. The van der Waals surface area contributed by atoms with Gasteiger partial charge in [0.15, 0.2) is 0 Å². The Morgan fingerprint density at radius 3 is 1.34 bits per heavy atom. The van der Waals surface area contributed by atoms with E-state index >= 15 is 0 Å². The molecule has 2 unspecified atom stereocenters. The van der Waals surface area contributed by atoms with Gasteiger partial charge in [-0.2, -0.15) is 0 Å². The number of amides is 2. The second-order valence-corrected chi connectivity index (χ2v) is 9.25. The van der Waals surface area contributed by atoms with Crippen molar-refractivity contribution in [2.45, 2.75) is 25.9 Å². The Labute approximate surface area is 208 Å². The summed E-state index contributed by atoms with van der Waals surface area (Å²) in [4.78, 5) is 29.1. The lowest BCUT2D eigenvalue weighted by Crippen LogP contribution is -2.59. The van der Waals surface area contributed by atoms with E-state index in [2.05, 4.69) is 0 Å². The minimum atomic E-state index is -0.161. The third kappa shape index (κ3) is 5.68. The molecule has 0 radical (unpaired) electrons. The minimum Gasteiger partial charge on any atom is -0.333 e. The summed E-state index contributed by atoms with van der Waals surface area (Å²) in [6, 6.07) is 10.0. The Kier molecular flexibility index (Phi) is 8.29. The molecule has 1 fully saturated rings. The van der Waals surface area contributed by atoms with Crippen molar-refractivity contribution in [3.05, 3.63) is 79.8 Å². The molecule has 1 aliphatic heterocycles. The number of nitrogens with zero attached hydrogens (tertiary/aromatic N) is 2. The van der Waals surface area contributed by atoms with Crippen LogP contribution in [0.1, 0.15) is 25.0 Å². The molecular formula is C24H22Cl4N2O2. The van der Waals surface area contributed by atoms with E-state index in [1.54, 1.807) is 58.4 Å². The molecule has 0 aliphatic carbocycles. The van der Waals surface area contributed by atoms with Gasteiger partial charge < -0.3 is 9.80 Å². The molecule has 0 spiro atoms. The summed E-state index contributed by atoms with van der Waals surface area (Å²) in [6.45, 7) is 4.64. The van der Waals surface area contributed by atoms with E-state index in [0.717, 1.165) is 0 Å². The fourth-order valence-corrected chi connectivity index (χ4v) is 4.63. The van der Waals surface area contributed by atoms with Crippen LogP contribution in [0.4, 0.5) is 0 Å². The molecule has 0 aromatic heterocycles. The van der Waals surface area contributed by atoms with Gasteiger partial charge in [0.1, 0.15) is 0 Å². The first-order valence-electron chi connectivity index (χ1n) is 10.0. The van der Waals surface area contributed by atoms with E-state index in [-0.39, 0.29) is 23.9 Å². The van der Waals surface area contributed by atoms with Crippen molar-refractivity contribution in [3.63, 3.8) is 0 Å². The minimum absolute atomic E-state index is 0.161. The average Bonchev–Trinajstić information content (AvgIpc) is 2.74. The Balaban J connectivity index is 1.68. The van der Waals surface area contributed by atoms with Gasteiger partial charge in [-0.25, -0.2) is 0 Å². The summed E-state index contributed by atoms with van der Waals surface area (Å²) in [5.74, 6) is -0.323. The first-order valence-corrected chi connectivity index (χ1v) is 11.6. The Bertz CT molecular complexity index is 958. The molecule has 32 heavy (non-hydrogen) atoms. The fraction of sp³-hybridized carbons (Fsp3) is 0.250. The van der Waals surface area contributed by atoms with Crippen LogP contribution in [-0.2, 0) is 9.59 Å². The smallest absolute Gasteiger partial charge is 0.246 e. The molecule has 168 valence electrons. The highest BCUT2D eigenvalue weighted by Crippen LogP contribution is 2.27. The second-order valence-electron chi connectivity index (χ2n) is 7.62. The number of benzene rings is 2. The van der Waals surface area contributed by atoms with Crippen LogP contribution < -0.4 is 0 Å². The van der Waals surface area contributed by atoms with Gasteiger partial charge in [-0.05, 0) is 50.3 Å². The zero-order valence-electron chi connectivity index (χ0n) is 17.6. The summed E-state index contributed by atoms with van der Waals surface area (Å²) in [5, 5.41) is 1.90. The van der Waals surface area contributed by atoms with Crippen LogP contribution in [0.15, 0.2) is 48.6 Å². The molecule has 2 aromatic carbocycles. The lowest BCUT2D eigenvalue weighted by Gasteiger charge is -2.43. The van der Waals surface area contributed by atoms with Gasteiger partial charge in [-0.3, -0.25) is 9.59 Å². The van der Waals surface area contributed by atoms with Crippen molar-refractivity contribution in [2.75, 3.05) is 13.1 Å². The zero-order chi connectivity index (χ0) is 23.4. The topological polar surface area (TPSA) is 40.6 Å². The molecule has 0 bridgehead atoms. The third-order valence-electron chi connectivity index (χ3n) is 5.34. The largest absolute Gasteiger partial charge is 0.333 e. The predicted octanol–water partition coefficient (Wildman–Crippen LogP) is 6.47. The van der Waals surface area contributed by atoms with Gasteiger partial charge in [-0.1, -0.05) is 58.5 Å². The highest BCUT2D eigenvalue weighted by Gasteiger charge is 2.32. The van der Waals surface area contributed by atoms with Crippen LogP contribution in [-0.4, -0.2) is 46.8 Å². The molecule has 3 rings (SSSR count). The van der Waals surface area contributed by atoms with Crippen LogP contribution in [0, 0.1) is 0 Å². The van der Waals surface area contributed by atoms with E-state index in [0.29, 0.717) is 44.3 Å². The summed E-state index contributed by atoms with van der Waals surface area (Å²) in [6.07, 6.45) is 6.18. The number of halogens is 4. The molecule has 1 aliphatic rings. The van der Waals surface area contributed by atoms with Crippen LogP contribution >= 0.6 is 46.4 Å². The molecule has 2 aromatic rings. The highest BCUT2D eigenvalue weighted by atomic mass is 35.5. The lowest BCUT2D eigenvalue weighted by molar-refractivity contribution is -0.139. The molecular weight excluding hydrogens is 490 g/mol. The first-order chi connectivity index (χ1) is 15.2. The van der Waals surface area contributed by atoms with E-state index in [9.17, 15) is 9.59 Å². The molecule has 2 atom stereocenters. The lowest BCUT2D eigenvalue weighted by atomic mass is 10.1. The van der Waals surface area contributed by atoms with E-state index < -0.39 is 0 Å². The number of hydrogen-bond acceptors (Lipinski definition) is 2. The number of piperazine rings is 1. The number of carbonyl (C=O) groups is 2. The zero-order valence-corrected chi connectivity index (χ0v) is 20.6. The summed E-state index contributed by atoms with van der Waals surface area (Å²) < 4.78 is 0. The van der Waals surface area contributed by atoms with Crippen molar-refractivity contribution >= 4 is 70.4 Å². The first kappa shape index (κ1) is 24.7. The molecule has 1 saturated heterocycles. The Hall–Kier alpha value is -1.98. The maximum absolute atomic E-state index is 12.8. The molecule has 8 heteroatoms. The Morgan fingerprint density at radius 2 is 1.03 bits per heavy atom. The van der Waals surface area contributed by atoms with Crippen LogP contribution in [0.25, 0.3) is 12.2 Å². The molecule has 0 saturated carbocycles. The number of hydrogen-bond donors (Lipinski definition) is 0. The molecule has 2 amide bonds. The van der Waals surface area contributed by atoms with Crippen molar-refractivity contribution in [1.82, 2.24) is 9.80 Å². The van der Waals surface area contributed by atoms with Gasteiger partial charge in [0.2, 0.25) is 11.8 Å². The van der Waals surface area contributed by atoms with Gasteiger partial charge in [0, 0.05) is 68.5 Å². The standard InChI is InChI=1S/C24H22Cl4N2O2/c1-15-13-30(24(32)12-10-18-21(27)7-4-8-22(18)28)16(2)14-29(15)23(31)11-9-17-19(25)5-3-6-20(17)26/h3-12,15-16H,13-14H2,1-2H3. The van der Waals surface area contributed by atoms with Crippen molar-refractivity contribution < 1.29 is 9.59 Å². The highest BCUT2D eigenvalue weighted by molar-refractivity contribution is 6.37. The predicted molar refractivity (Wildman–Crippen MR) is 133 cm³/mol. The quantitative estimate of drug-likeness (QED) is 0.441. The molecule has 1 heterocycles. The maximum Gasteiger partial charge on any atom is 0.246 e. The van der Waals surface area contributed by atoms with Gasteiger partial charge in [0.25, 0.3) is 0 Å². The van der Waals surface area contributed by atoms with Crippen molar-refractivity contribution in [3.8, 4) is 0 Å². The average molecular weight is 512 g/mol. The van der Waals surface area contributed by atoms with E-state index in [1.807, 2.05) is 13.8 Å². The van der Waals surface area contributed by atoms with Gasteiger partial charge in [0.05, 0.1) is 0 Å².